The molecule has 0 amide bonds. The summed E-state index contributed by atoms with van der Waals surface area (Å²) in [6, 6.07) is 4.54. The highest BCUT2D eigenvalue weighted by Gasteiger charge is 2.18. The Bertz CT molecular complexity index is 370. The van der Waals surface area contributed by atoms with E-state index in [2.05, 4.69) is 24.4 Å². The molecular formula is C13H18ClNS. The van der Waals surface area contributed by atoms with Crippen LogP contribution in [0.3, 0.4) is 0 Å². The van der Waals surface area contributed by atoms with Crippen molar-refractivity contribution in [2.45, 2.75) is 38.6 Å². The predicted octanol–water partition coefficient (Wildman–Crippen LogP) is 4.55. The lowest BCUT2D eigenvalue weighted by Gasteiger charge is -2.23. The fourth-order valence-electron chi connectivity index (χ4n) is 2.23. The number of thiophene rings is 1. The van der Waals surface area contributed by atoms with Gasteiger partial charge in [-0.2, -0.15) is 0 Å². The zero-order valence-electron chi connectivity index (χ0n) is 9.63. The third kappa shape index (κ3) is 2.88. The lowest BCUT2D eigenvalue weighted by molar-refractivity contribution is 0.570. The van der Waals surface area contributed by atoms with Crippen LogP contribution in [-0.2, 0) is 0 Å². The van der Waals surface area contributed by atoms with Gasteiger partial charge in [-0.1, -0.05) is 30.2 Å². The predicted molar refractivity (Wildman–Crippen MR) is 72.3 cm³/mol. The van der Waals surface area contributed by atoms with Gasteiger partial charge in [-0.25, -0.2) is 0 Å². The van der Waals surface area contributed by atoms with Gasteiger partial charge in [0.2, 0.25) is 0 Å². The maximum Gasteiger partial charge on any atom is 0.0931 e. The summed E-state index contributed by atoms with van der Waals surface area (Å²) < 4.78 is 0.884. The molecule has 1 aliphatic rings. The smallest absolute Gasteiger partial charge is 0.0931 e. The molecule has 0 aromatic carbocycles. The number of likely N-dealkylation sites (N-methyl/N-ethyl adjacent to an activating group) is 1. The molecule has 16 heavy (non-hydrogen) atoms. The first-order chi connectivity index (χ1) is 7.81. The van der Waals surface area contributed by atoms with Crippen LogP contribution in [0.25, 0.3) is 0 Å². The molecule has 1 nitrogen and oxygen atoms in total. The van der Waals surface area contributed by atoms with E-state index >= 15 is 0 Å². The van der Waals surface area contributed by atoms with Crippen molar-refractivity contribution < 1.29 is 0 Å². The van der Waals surface area contributed by atoms with E-state index in [9.17, 15) is 0 Å². The van der Waals surface area contributed by atoms with Gasteiger partial charge in [-0.15, -0.1) is 11.3 Å². The van der Waals surface area contributed by atoms with Crippen LogP contribution in [0.5, 0.6) is 0 Å². The van der Waals surface area contributed by atoms with Crippen molar-refractivity contribution in [3.05, 3.63) is 33.0 Å². The highest BCUT2D eigenvalue weighted by molar-refractivity contribution is 7.16. The van der Waals surface area contributed by atoms with Gasteiger partial charge in [0.05, 0.1) is 10.4 Å². The minimum Gasteiger partial charge on any atom is -0.306 e. The van der Waals surface area contributed by atoms with Crippen molar-refractivity contribution in [1.29, 1.82) is 0 Å². The van der Waals surface area contributed by atoms with Crippen LogP contribution in [-0.4, -0.2) is 6.54 Å². The fraction of sp³-hybridized carbons (Fsp3) is 0.538. The van der Waals surface area contributed by atoms with Gasteiger partial charge in [0.15, 0.2) is 0 Å². The highest BCUT2D eigenvalue weighted by atomic mass is 35.5. The van der Waals surface area contributed by atoms with Crippen molar-refractivity contribution in [1.82, 2.24) is 5.32 Å². The van der Waals surface area contributed by atoms with Crippen molar-refractivity contribution >= 4 is 22.9 Å². The van der Waals surface area contributed by atoms with Crippen molar-refractivity contribution in [3.8, 4) is 0 Å². The SMILES string of the molecule is CCNC(C1=CCCCC1)c1ccc(Cl)s1. The second-order valence-corrected chi connectivity index (χ2v) is 5.90. The summed E-state index contributed by atoms with van der Waals surface area (Å²) in [7, 11) is 0. The van der Waals surface area contributed by atoms with Crippen LogP contribution in [0.2, 0.25) is 4.34 Å². The summed E-state index contributed by atoms with van der Waals surface area (Å²) in [6.45, 7) is 3.16. The van der Waals surface area contributed by atoms with Crippen LogP contribution >= 0.6 is 22.9 Å². The van der Waals surface area contributed by atoms with Gasteiger partial charge in [-0.3, -0.25) is 0 Å². The van der Waals surface area contributed by atoms with E-state index in [1.807, 2.05) is 6.07 Å². The van der Waals surface area contributed by atoms with Crippen LogP contribution in [0.4, 0.5) is 0 Å². The van der Waals surface area contributed by atoms with Crippen molar-refractivity contribution in [2.75, 3.05) is 6.54 Å². The molecular weight excluding hydrogens is 238 g/mol. The Kier molecular flexibility index (Phi) is 4.45. The molecule has 1 unspecified atom stereocenters. The Morgan fingerprint density at radius 2 is 2.31 bits per heavy atom. The van der Waals surface area contributed by atoms with Gasteiger partial charge in [0, 0.05) is 4.88 Å². The second kappa shape index (κ2) is 5.85. The van der Waals surface area contributed by atoms with Crippen LogP contribution in [0.1, 0.15) is 43.5 Å². The molecule has 0 fully saturated rings. The molecule has 0 aliphatic heterocycles. The molecule has 0 saturated heterocycles. The zero-order valence-corrected chi connectivity index (χ0v) is 11.2. The first kappa shape index (κ1) is 12.2. The Morgan fingerprint density at radius 1 is 1.44 bits per heavy atom. The second-order valence-electron chi connectivity index (χ2n) is 4.16. The Balaban J connectivity index is 2.19. The first-order valence-corrected chi connectivity index (χ1v) is 7.18. The molecule has 1 atom stereocenters. The highest BCUT2D eigenvalue weighted by Crippen LogP contribution is 2.34. The molecule has 1 aromatic heterocycles. The Labute approximate surface area is 107 Å². The average Bonchev–Trinajstić information content (AvgIpc) is 2.74. The van der Waals surface area contributed by atoms with Gasteiger partial charge in [0.25, 0.3) is 0 Å². The minimum atomic E-state index is 0.391. The number of hydrogen-bond acceptors (Lipinski definition) is 2. The number of rotatable bonds is 4. The molecule has 0 bridgehead atoms. The van der Waals surface area contributed by atoms with Gasteiger partial charge >= 0.3 is 0 Å². The van der Waals surface area contributed by atoms with Crippen LogP contribution in [0, 0.1) is 0 Å². The molecule has 3 heteroatoms. The number of halogens is 1. The van der Waals surface area contributed by atoms with Gasteiger partial charge < -0.3 is 5.32 Å². The molecule has 1 aliphatic carbocycles. The summed E-state index contributed by atoms with van der Waals surface area (Å²) in [6.07, 6.45) is 7.54. The molecule has 1 heterocycles. The zero-order chi connectivity index (χ0) is 11.4. The maximum atomic E-state index is 6.01. The van der Waals surface area contributed by atoms with E-state index in [-0.39, 0.29) is 0 Å². The van der Waals surface area contributed by atoms with Crippen LogP contribution < -0.4 is 5.32 Å². The lowest BCUT2D eigenvalue weighted by Crippen LogP contribution is -2.22. The Morgan fingerprint density at radius 3 is 2.88 bits per heavy atom. The summed E-state index contributed by atoms with van der Waals surface area (Å²) in [5, 5.41) is 3.57. The van der Waals surface area contributed by atoms with E-state index in [0.29, 0.717) is 6.04 Å². The van der Waals surface area contributed by atoms with Crippen molar-refractivity contribution in [2.24, 2.45) is 0 Å². The molecule has 0 radical (unpaired) electrons. The minimum absolute atomic E-state index is 0.391. The molecule has 1 N–H and O–H groups in total. The topological polar surface area (TPSA) is 12.0 Å². The van der Waals surface area contributed by atoms with E-state index in [1.54, 1.807) is 16.9 Å². The molecule has 0 saturated carbocycles. The van der Waals surface area contributed by atoms with Gasteiger partial charge in [0.1, 0.15) is 0 Å². The van der Waals surface area contributed by atoms with Crippen molar-refractivity contribution in [3.63, 3.8) is 0 Å². The summed E-state index contributed by atoms with van der Waals surface area (Å²) in [4.78, 5) is 1.35. The largest absolute Gasteiger partial charge is 0.306 e. The van der Waals surface area contributed by atoms with E-state index in [4.69, 9.17) is 11.6 Å². The molecule has 1 aromatic rings. The van der Waals surface area contributed by atoms with E-state index in [0.717, 1.165) is 10.9 Å². The number of hydrogen-bond donors (Lipinski definition) is 1. The number of allylic oxidation sites excluding steroid dienone is 1. The molecule has 0 spiro atoms. The molecule has 2 rings (SSSR count). The number of nitrogens with one attached hydrogen (secondary N) is 1. The monoisotopic (exact) mass is 255 g/mol. The van der Waals surface area contributed by atoms with Crippen LogP contribution in [0.15, 0.2) is 23.8 Å². The van der Waals surface area contributed by atoms with Gasteiger partial charge in [-0.05, 0) is 44.4 Å². The summed E-state index contributed by atoms with van der Waals surface area (Å²) in [5.74, 6) is 0. The first-order valence-electron chi connectivity index (χ1n) is 5.99. The summed E-state index contributed by atoms with van der Waals surface area (Å²) >= 11 is 7.71. The average molecular weight is 256 g/mol. The third-order valence-electron chi connectivity index (χ3n) is 2.98. The third-order valence-corrected chi connectivity index (χ3v) is 4.28. The quantitative estimate of drug-likeness (QED) is 0.779. The molecule has 88 valence electrons. The standard InChI is InChI=1S/C13H18ClNS/c1-2-15-13(10-6-4-3-5-7-10)11-8-9-12(14)16-11/h6,8-9,13,15H,2-5,7H2,1H3. The van der Waals surface area contributed by atoms with E-state index < -0.39 is 0 Å². The lowest BCUT2D eigenvalue weighted by atomic mass is 9.93. The fourth-order valence-corrected chi connectivity index (χ4v) is 3.41. The Hall–Kier alpha value is -0.310. The maximum absolute atomic E-state index is 6.01. The summed E-state index contributed by atoms with van der Waals surface area (Å²) in [5.41, 5.74) is 1.55. The normalized spacial score (nSPS) is 18.2. The van der Waals surface area contributed by atoms with E-state index in [1.165, 1.54) is 30.6 Å².